The standard InChI is InChI=1S/C81H45N11S/c82-46-50-34-38-63-59(42-50)60-43-51(47-83)35-39-64(60)89(63)77-76(58-24-17-23-57-56-22-7-16-33-75(56)93-79(57)58)78(90-65-40-36-52(48-84)44-61(65)62-45-53(49-85)37-41-66(62)90)81(92-73-31-14-10-27-69(73)88(55-20-5-2-6-21-55)70-28-11-15-32-74(70)92)86-80(77)91-71-29-12-8-25-67(71)87(54-18-3-1-4-19-54)68-26-9-13-30-72(68)91/h1-45H. The Balaban J connectivity index is 1.13. The monoisotopic (exact) mass is 1200 g/mol. The van der Waals surface area contributed by atoms with Gasteiger partial charge in [0.1, 0.15) is 11.4 Å². The van der Waals surface area contributed by atoms with Crippen LogP contribution in [0.1, 0.15) is 22.3 Å². The van der Waals surface area contributed by atoms with E-state index in [9.17, 15) is 21.0 Å². The summed E-state index contributed by atoms with van der Waals surface area (Å²) in [5.74, 6) is 1.14. The topological polar surface area (TPSA) is 131 Å². The lowest BCUT2D eigenvalue weighted by Crippen LogP contribution is -2.28. The van der Waals surface area contributed by atoms with Gasteiger partial charge in [0.25, 0.3) is 0 Å². The van der Waals surface area contributed by atoms with Gasteiger partial charge in [0, 0.05) is 64.2 Å². The molecule has 0 N–H and O–H groups in total. The van der Waals surface area contributed by atoms with Crippen molar-refractivity contribution < 1.29 is 0 Å². The predicted octanol–water partition coefficient (Wildman–Crippen LogP) is 21.3. The third-order valence-corrected chi connectivity index (χ3v) is 19.4. The molecule has 12 heteroatoms. The molecular weight excluding hydrogens is 1160 g/mol. The lowest BCUT2D eigenvalue weighted by atomic mass is 9.96. The summed E-state index contributed by atoms with van der Waals surface area (Å²) in [6.07, 6.45) is 0. The van der Waals surface area contributed by atoms with Crippen molar-refractivity contribution in [3.05, 3.63) is 295 Å². The fraction of sp³-hybridized carbons (Fsp3) is 0. The zero-order valence-electron chi connectivity index (χ0n) is 49.3. The van der Waals surface area contributed by atoms with Gasteiger partial charge in [0.05, 0.1) is 114 Å². The lowest BCUT2D eigenvalue weighted by molar-refractivity contribution is 1.03. The second kappa shape index (κ2) is 20.7. The fourth-order valence-corrected chi connectivity index (χ4v) is 15.6. The Bertz CT molecular complexity index is 5500. The van der Waals surface area contributed by atoms with E-state index in [4.69, 9.17) is 4.98 Å². The van der Waals surface area contributed by atoms with Crippen molar-refractivity contribution in [3.63, 3.8) is 0 Å². The molecule has 18 rings (SSSR count). The van der Waals surface area contributed by atoms with Crippen LogP contribution in [0.3, 0.4) is 0 Å². The van der Waals surface area contributed by atoms with Gasteiger partial charge in [-0.05, 0) is 152 Å². The Morgan fingerprint density at radius 1 is 0.290 bits per heavy atom. The summed E-state index contributed by atoms with van der Waals surface area (Å²) in [5.41, 5.74) is 17.2. The number of pyridine rings is 1. The molecule has 0 atom stereocenters. The smallest absolute Gasteiger partial charge is 0.165 e. The molecule has 0 aliphatic carbocycles. The molecule has 430 valence electrons. The highest BCUT2D eigenvalue weighted by atomic mass is 32.1. The van der Waals surface area contributed by atoms with Gasteiger partial charge in [-0.1, -0.05) is 121 Å². The summed E-state index contributed by atoms with van der Waals surface area (Å²) in [5, 5.41) is 48.2. The first-order valence-corrected chi connectivity index (χ1v) is 31.2. The molecule has 0 unspecified atom stereocenters. The van der Waals surface area contributed by atoms with E-state index in [1.807, 2.05) is 84.9 Å². The molecule has 0 amide bonds. The largest absolute Gasteiger partial charge is 0.306 e. The minimum atomic E-state index is 0.471. The number of fused-ring (bicyclic) bond motifs is 13. The van der Waals surface area contributed by atoms with Crippen molar-refractivity contribution in [1.82, 2.24) is 14.1 Å². The van der Waals surface area contributed by atoms with Gasteiger partial charge in [0.2, 0.25) is 0 Å². The van der Waals surface area contributed by atoms with Gasteiger partial charge in [-0.25, -0.2) is 4.98 Å². The first kappa shape index (κ1) is 52.9. The van der Waals surface area contributed by atoms with Crippen LogP contribution in [0.4, 0.5) is 68.5 Å². The number of rotatable bonds is 7. The molecule has 2 aliphatic rings. The number of thiophene rings is 1. The van der Waals surface area contributed by atoms with Crippen LogP contribution < -0.4 is 19.6 Å². The van der Waals surface area contributed by atoms with E-state index in [0.717, 1.165) is 132 Å². The van der Waals surface area contributed by atoms with E-state index in [2.05, 4.69) is 241 Å². The number of para-hydroxylation sites is 10. The maximum atomic E-state index is 10.7. The molecule has 93 heavy (non-hydrogen) atoms. The lowest BCUT2D eigenvalue weighted by Gasteiger charge is -2.43. The van der Waals surface area contributed by atoms with Crippen LogP contribution in [0.2, 0.25) is 0 Å². The highest BCUT2D eigenvalue weighted by Gasteiger charge is 2.41. The number of anilines is 12. The van der Waals surface area contributed by atoms with Gasteiger partial charge >= 0.3 is 0 Å². The molecule has 0 fully saturated rings. The van der Waals surface area contributed by atoms with Crippen LogP contribution in [0, 0.1) is 45.3 Å². The maximum Gasteiger partial charge on any atom is 0.165 e. The first-order chi connectivity index (χ1) is 46.0. The molecule has 2 aliphatic heterocycles. The molecule has 0 radical (unpaired) electrons. The Morgan fingerprint density at radius 3 is 0.978 bits per heavy atom. The SMILES string of the molecule is N#Cc1ccc2c(c1)c1cc(C#N)ccc1n2-c1c(N2c3ccccc3N(c3ccccc3)c3ccccc32)nc(N2c3ccccc3N(c3ccccc3)c3ccccc32)c(-n2c3ccc(C#N)cc3c3cc(C#N)ccc32)c1-c1cccc2c1sc1ccccc12. The van der Waals surface area contributed by atoms with Crippen LogP contribution in [0.5, 0.6) is 0 Å². The van der Waals surface area contributed by atoms with Gasteiger partial charge in [-0.2, -0.15) is 21.0 Å². The zero-order valence-corrected chi connectivity index (χ0v) is 50.1. The second-order valence-electron chi connectivity index (χ2n) is 23.1. The van der Waals surface area contributed by atoms with Crippen molar-refractivity contribution in [3.8, 4) is 46.8 Å². The van der Waals surface area contributed by atoms with E-state index in [1.54, 1.807) is 11.3 Å². The van der Waals surface area contributed by atoms with Crippen molar-refractivity contribution in [2.24, 2.45) is 0 Å². The number of nitriles is 4. The normalized spacial score (nSPS) is 12.4. The van der Waals surface area contributed by atoms with Crippen molar-refractivity contribution in [2.75, 3.05) is 19.6 Å². The van der Waals surface area contributed by atoms with E-state index in [-0.39, 0.29) is 0 Å². The maximum absolute atomic E-state index is 10.7. The molecular formula is C81H45N11S. The molecule has 0 spiro atoms. The number of nitrogens with zero attached hydrogens (tertiary/aromatic N) is 11. The average Bonchev–Trinajstić information content (AvgIpc) is 1.66. The third-order valence-electron chi connectivity index (χ3n) is 18.2. The number of benzene rings is 12. The molecule has 12 aromatic carbocycles. The van der Waals surface area contributed by atoms with Crippen LogP contribution in [-0.2, 0) is 0 Å². The van der Waals surface area contributed by atoms with Crippen molar-refractivity contribution in [1.29, 1.82) is 21.0 Å². The van der Waals surface area contributed by atoms with Crippen LogP contribution in [0.15, 0.2) is 273 Å². The van der Waals surface area contributed by atoms with E-state index >= 15 is 0 Å². The molecule has 16 aromatic rings. The van der Waals surface area contributed by atoms with Gasteiger partial charge in [-0.3, -0.25) is 9.80 Å². The van der Waals surface area contributed by atoms with E-state index < -0.39 is 0 Å². The van der Waals surface area contributed by atoms with Crippen molar-refractivity contribution in [2.45, 2.75) is 0 Å². The zero-order chi connectivity index (χ0) is 62.0. The third kappa shape index (κ3) is 7.81. The Kier molecular flexibility index (Phi) is 11.8. The summed E-state index contributed by atoms with van der Waals surface area (Å²) < 4.78 is 6.77. The molecule has 0 bridgehead atoms. The number of aromatic nitrogens is 3. The minimum Gasteiger partial charge on any atom is -0.306 e. The van der Waals surface area contributed by atoms with Crippen LogP contribution >= 0.6 is 11.3 Å². The molecule has 0 saturated heterocycles. The molecule has 0 saturated carbocycles. The Morgan fingerprint density at radius 2 is 0.613 bits per heavy atom. The number of hydrogen-bond donors (Lipinski definition) is 0. The summed E-state index contributed by atoms with van der Waals surface area (Å²) in [7, 11) is 0. The number of hydrogen-bond acceptors (Lipinski definition) is 10. The van der Waals surface area contributed by atoms with Gasteiger partial charge in [-0.15, -0.1) is 11.3 Å². The molecule has 11 nitrogen and oxygen atoms in total. The second-order valence-corrected chi connectivity index (χ2v) is 24.2. The van der Waals surface area contributed by atoms with Gasteiger partial charge in [0.15, 0.2) is 11.6 Å². The van der Waals surface area contributed by atoms with Crippen molar-refractivity contribution >= 4 is 144 Å². The average molecular weight is 1200 g/mol. The van der Waals surface area contributed by atoms with Gasteiger partial charge < -0.3 is 18.9 Å². The minimum absolute atomic E-state index is 0.471. The molecule has 6 heterocycles. The summed E-state index contributed by atoms with van der Waals surface area (Å²) >= 11 is 1.74. The predicted molar refractivity (Wildman–Crippen MR) is 376 cm³/mol. The van der Waals surface area contributed by atoms with Crippen LogP contribution in [0.25, 0.3) is 86.3 Å². The van der Waals surface area contributed by atoms with E-state index in [1.165, 1.54) is 0 Å². The summed E-state index contributed by atoms with van der Waals surface area (Å²) in [6.45, 7) is 0. The Labute approximate surface area is 537 Å². The fourth-order valence-electron chi connectivity index (χ4n) is 14.3. The quantitative estimate of drug-likeness (QED) is 0.153. The summed E-state index contributed by atoms with van der Waals surface area (Å²) in [6, 6.07) is 103. The van der Waals surface area contributed by atoms with Crippen LogP contribution in [-0.4, -0.2) is 14.1 Å². The summed E-state index contributed by atoms with van der Waals surface area (Å²) in [4.78, 5) is 15.9. The highest BCUT2D eigenvalue weighted by molar-refractivity contribution is 7.26. The first-order valence-electron chi connectivity index (χ1n) is 30.4. The highest BCUT2D eigenvalue weighted by Crippen LogP contribution is 2.62. The van der Waals surface area contributed by atoms with E-state index in [0.29, 0.717) is 45.3 Å². The molecule has 4 aromatic heterocycles. The Hall–Kier alpha value is -13.2.